The third-order valence-corrected chi connectivity index (χ3v) is 7.92. The van der Waals surface area contributed by atoms with Crippen LogP contribution in [-0.2, 0) is 20.7 Å². The van der Waals surface area contributed by atoms with E-state index in [0.29, 0.717) is 25.4 Å². The van der Waals surface area contributed by atoms with Crippen LogP contribution in [0.3, 0.4) is 0 Å². The van der Waals surface area contributed by atoms with Crippen molar-refractivity contribution in [2.45, 2.75) is 33.1 Å². The average molecular weight is 536 g/mol. The van der Waals surface area contributed by atoms with E-state index in [2.05, 4.69) is 44.9 Å². The van der Waals surface area contributed by atoms with Gasteiger partial charge >= 0.3 is 5.97 Å². The lowest BCUT2D eigenvalue weighted by molar-refractivity contribution is -0.148. The number of carbonyl (C=O) groups is 2. The van der Waals surface area contributed by atoms with Crippen LogP contribution < -0.4 is 9.80 Å². The zero-order valence-electron chi connectivity index (χ0n) is 21.9. The Kier molecular flexibility index (Phi) is 8.29. The predicted octanol–water partition coefficient (Wildman–Crippen LogP) is 3.95. The molecule has 2 fully saturated rings. The molecule has 200 valence electrons. The number of morpholine rings is 1. The fourth-order valence-corrected chi connectivity index (χ4v) is 5.76. The number of aryl methyl sites for hydroxylation is 1. The first-order valence-corrected chi connectivity index (χ1v) is 14.0. The molecular weight excluding hydrogens is 502 g/mol. The lowest BCUT2D eigenvalue weighted by Crippen LogP contribution is -2.37. The van der Waals surface area contributed by atoms with Crippen molar-refractivity contribution in [1.29, 1.82) is 0 Å². The van der Waals surface area contributed by atoms with E-state index in [1.54, 1.807) is 6.20 Å². The number of esters is 1. The van der Waals surface area contributed by atoms with Crippen LogP contribution >= 0.6 is 11.3 Å². The molecule has 4 heterocycles. The SMILES string of the molecule is CCOC(=O)C1CCN(c2cnc(C(=O)Cc3nc(-c4ccc(N5CCOCC5)c(C)c4)cs3)cn2)CC1. The lowest BCUT2D eigenvalue weighted by atomic mass is 9.97. The fraction of sp³-hybridized carbons (Fsp3) is 0.464. The Bertz CT molecular complexity index is 1260. The van der Waals surface area contributed by atoms with Crippen molar-refractivity contribution in [1.82, 2.24) is 15.0 Å². The smallest absolute Gasteiger partial charge is 0.309 e. The number of carbonyl (C=O) groups excluding carboxylic acids is 2. The van der Waals surface area contributed by atoms with Crippen molar-refractivity contribution in [3.05, 3.63) is 52.2 Å². The van der Waals surface area contributed by atoms with E-state index in [9.17, 15) is 9.59 Å². The summed E-state index contributed by atoms with van der Waals surface area (Å²) in [5.74, 6) is 0.431. The maximum absolute atomic E-state index is 12.9. The van der Waals surface area contributed by atoms with Crippen molar-refractivity contribution in [2.75, 3.05) is 55.8 Å². The Morgan fingerprint density at radius 2 is 1.87 bits per heavy atom. The summed E-state index contributed by atoms with van der Waals surface area (Å²) in [5.41, 5.74) is 4.69. The molecule has 38 heavy (non-hydrogen) atoms. The number of anilines is 2. The van der Waals surface area contributed by atoms with Crippen molar-refractivity contribution in [3.8, 4) is 11.3 Å². The van der Waals surface area contributed by atoms with E-state index in [1.165, 1.54) is 28.8 Å². The van der Waals surface area contributed by atoms with E-state index < -0.39 is 0 Å². The molecule has 0 atom stereocenters. The molecule has 0 spiro atoms. The maximum atomic E-state index is 12.9. The van der Waals surface area contributed by atoms with Crippen LogP contribution in [0.4, 0.5) is 11.5 Å². The van der Waals surface area contributed by atoms with Gasteiger partial charge in [-0.15, -0.1) is 11.3 Å². The van der Waals surface area contributed by atoms with Gasteiger partial charge in [0, 0.05) is 42.8 Å². The van der Waals surface area contributed by atoms with Crippen molar-refractivity contribution in [3.63, 3.8) is 0 Å². The molecule has 3 aromatic rings. The van der Waals surface area contributed by atoms with Gasteiger partial charge in [-0.3, -0.25) is 9.59 Å². The molecule has 0 bridgehead atoms. The topological polar surface area (TPSA) is 97.8 Å². The monoisotopic (exact) mass is 535 g/mol. The van der Waals surface area contributed by atoms with E-state index in [-0.39, 0.29) is 24.1 Å². The van der Waals surface area contributed by atoms with Gasteiger partial charge in [-0.2, -0.15) is 0 Å². The summed E-state index contributed by atoms with van der Waals surface area (Å²) in [4.78, 5) is 42.9. The van der Waals surface area contributed by atoms with Crippen LogP contribution in [0.5, 0.6) is 0 Å². The average Bonchev–Trinajstić information content (AvgIpc) is 3.42. The largest absolute Gasteiger partial charge is 0.466 e. The maximum Gasteiger partial charge on any atom is 0.309 e. The molecule has 1 aromatic carbocycles. The summed E-state index contributed by atoms with van der Waals surface area (Å²) in [6.45, 7) is 9.09. The number of rotatable bonds is 8. The molecule has 0 saturated carbocycles. The molecular formula is C28H33N5O4S. The van der Waals surface area contributed by atoms with Crippen molar-refractivity contribution in [2.24, 2.45) is 5.92 Å². The van der Waals surface area contributed by atoms with Crippen molar-refractivity contribution >= 4 is 34.6 Å². The summed E-state index contributed by atoms with van der Waals surface area (Å²) < 4.78 is 10.6. The van der Waals surface area contributed by atoms with Gasteiger partial charge in [-0.25, -0.2) is 15.0 Å². The number of Topliss-reactive ketones (excluding diaryl/α,β-unsaturated/α-hetero) is 1. The minimum absolute atomic E-state index is 0.0604. The molecule has 2 aromatic heterocycles. The first-order valence-electron chi connectivity index (χ1n) is 13.2. The number of ether oxygens (including phenoxy) is 2. The molecule has 9 nitrogen and oxygen atoms in total. The molecule has 2 aliphatic heterocycles. The molecule has 0 unspecified atom stereocenters. The zero-order valence-corrected chi connectivity index (χ0v) is 22.7. The molecule has 10 heteroatoms. The van der Waals surface area contributed by atoms with Crippen molar-refractivity contribution < 1.29 is 19.1 Å². The van der Waals surface area contributed by atoms with E-state index in [4.69, 9.17) is 14.5 Å². The molecule has 2 saturated heterocycles. The van der Waals surface area contributed by atoms with Gasteiger partial charge in [0.15, 0.2) is 5.78 Å². The second-order valence-electron chi connectivity index (χ2n) is 9.60. The van der Waals surface area contributed by atoms with E-state index >= 15 is 0 Å². The van der Waals surface area contributed by atoms with Crippen LogP contribution in [0.2, 0.25) is 0 Å². The molecule has 5 rings (SSSR count). The van der Waals surface area contributed by atoms with E-state index in [1.807, 2.05) is 12.3 Å². The van der Waals surface area contributed by atoms with Gasteiger partial charge in [-0.05, 0) is 44.4 Å². The van der Waals surface area contributed by atoms with Gasteiger partial charge in [-0.1, -0.05) is 6.07 Å². The Morgan fingerprint density at radius 3 is 2.55 bits per heavy atom. The lowest BCUT2D eigenvalue weighted by Gasteiger charge is -2.31. The summed E-state index contributed by atoms with van der Waals surface area (Å²) >= 11 is 1.48. The number of hydrogen-bond acceptors (Lipinski definition) is 10. The number of hydrogen-bond donors (Lipinski definition) is 0. The highest BCUT2D eigenvalue weighted by Gasteiger charge is 2.27. The molecule has 0 amide bonds. The van der Waals surface area contributed by atoms with Gasteiger partial charge in [0.1, 0.15) is 16.5 Å². The number of ketones is 1. The van der Waals surface area contributed by atoms with E-state index in [0.717, 1.165) is 61.2 Å². The van der Waals surface area contributed by atoms with Gasteiger partial charge in [0.2, 0.25) is 0 Å². The van der Waals surface area contributed by atoms with Crippen LogP contribution in [0.1, 0.15) is 40.8 Å². The minimum atomic E-state index is -0.121. The number of aromatic nitrogens is 3. The predicted molar refractivity (Wildman–Crippen MR) is 147 cm³/mol. The Morgan fingerprint density at radius 1 is 1.08 bits per heavy atom. The van der Waals surface area contributed by atoms with Crippen LogP contribution in [-0.4, -0.2) is 72.7 Å². The number of benzene rings is 1. The Balaban J connectivity index is 1.17. The normalized spacial score (nSPS) is 16.5. The Hall–Kier alpha value is -3.37. The zero-order chi connectivity index (χ0) is 26.5. The number of thiazole rings is 1. The van der Waals surface area contributed by atoms with Crippen LogP contribution in [0.25, 0.3) is 11.3 Å². The number of nitrogens with zero attached hydrogens (tertiary/aromatic N) is 5. The minimum Gasteiger partial charge on any atom is -0.466 e. The summed E-state index contributed by atoms with van der Waals surface area (Å²) in [5, 5.41) is 2.76. The standard InChI is InChI=1S/C28H33N5O4S/c1-3-37-28(35)20-6-8-33(9-7-20)26-17-29-22(16-30-26)25(34)15-27-31-23(18-38-27)21-4-5-24(19(2)14-21)32-10-12-36-13-11-32/h4-5,14,16-18,20H,3,6-13,15H2,1-2H3. The third-order valence-electron chi connectivity index (χ3n) is 7.07. The highest BCUT2D eigenvalue weighted by atomic mass is 32.1. The summed E-state index contributed by atoms with van der Waals surface area (Å²) in [7, 11) is 0. The highest BCUT2D eigenvalue weighted by molar-refractivity contribution is 7.10. The molecule has 0 N–H and O–H groups in total. The fourth-order valence-electron chi connectivity index (χ4n) is 4.96. The summed E-state index contributed by atoms with van der Waals surface area (Å²) in [6.07, 6.45) is 4.82. The summed E-state index contributed by atoms with van der Waals surface area (Å²) in [6, 6.07) is 6.40. The second kappa shape index (κ2) is 12.0. The van der Waals surface area contributed by atoms with Crippen LogP contribution in [0, 0.1) is 12.8 Å². The quantitative estimate of drug-likeness (QED) is 0.314. The third kappa shape index (κ3) is 6.02. The molecule has 2 aliphatic rings. The number of piperidine rings is 1. The molecule has 0 aliphatic carbocycles. The molecule has 0 radical (unpaired) electrons. The van der Waals surface area contributed by atoms with Gasteiger partial charge in [0.05, 0.1) is 50.2 Å². The highest BCUT2D eigenvalue weighted by Crippen LogP contribution is 2.29. The van der Waals surface area contributed by atoms with Gasteiger partial charge in [0.25, 0.3) is 0 Å². The van der Waals surface area contributed by atoms with Crippen LogP contribution in [0.15, 0.2) is 36.0 Å². The first-order chi connectivity index (χ1) is 18.5. The van der Waals surface area contributed by atoms with Gasteiger partial charge < -0.3 is 19.3 Å². The second-order valence-corrected chi connectivity index (χ2v) is 10.5. The first kappa shape index (κ1) is 26.2. The Labute approximate surface area is 226 Å².